The largest absolute Gasteiger partial charge is 0.447 e. The van der Waals surface area contributed by atoms with Gasteiger partial charge in [0, 0.05) is 6.42 Å². The van der Waals surface area contributed by atoms with Crippen LogP contribution in [0.2, 0.25) is 0 Å². The third kappa shape index (κ3) is 2.81. The summed E-state index contributed by atoms with van der Waals surface area (Å²) in [4.78, 5) is 12.9. The molecular weight excluding hydrogens is 360 g/mol. The van der Waals surface area contributed by atoms with Gasteiger partial charge in [-0.1, -0.05) is 84.9 Å². The van der Waals surface area contributed by atoms with Gasteiger partial charge < -0.3 is 9.47 Å². The van der Waals surface area contributed by atoms with E-state index < -0.39 is 11.7 Å². The number of rotatable bonds is 3. The van der Waals surface area contributed by atoms with Gasteiger partial charge in [-0.2, -0.15) is 0 Å². The molecule has 3 aromatic carbocycles. The predicted molar refractivity (Wildman–Crippen MR) is 112 cm³/mol. The third-order valence-electron chi connectivity index (χ3n) is 6.03. The number of benzene rings is 3. The van der Waals surface area contributed by atoms with Gasteiger partial charge in [0.05, 0.1) is 11.7 Å². The summed E-state index contributed by atoms with van der Waals surface area (Å²) < 4.78 is 12.7. The van der Waals surface area contributed by atoms with E-state index >= 15 is 0 Å². The van der Waals surface area contributed by atoms with Gasteiger partial charge in [-0.15, -0.1) is 0 Å². The first kappa shape index (κ1) is 17.9. The van der Waals surface area contributed by atoms with Gasteiger partial charge in [0.1, 0.15) is 6.10 Å². The Bertz CT molecular complexity index is 1080. The van der Waals surface area contributed by atoms with Crippen molar-refractivity contribution >= 4 is 11.5 Å². The minimum Gasteiger partial charge on any atom is -0.447 e. The molecule has 3 heteroatoms. The number of esters is 1. The average Bonchev–Trinajstić information content (AvgIpc) is 3.15. The molecule has 1 fully saturated rings. The zero-order valence-corrected chi connectivity index (χ0v) is 16.3. The van der Waals surface area contributed by atoms with Crippen LogP contribution in [0.15, 0.2) is 85.4 Å². The highest BCUT2D eigenvalue weighted by Gasteiger charge is 2.58. The maximum absolute atomic E-state index is 12.9. The van der Waals surface area contributed by atoms with Crippen LogP contribution in [-0.4, -0.2) is 11.6 Å². The minimum atomic E-state index is -0.928. The highest BCUT2D eigenvalue weighted by atomic mass is 16.6. The number of carbonyl (C=O) groups excluding carboxylic acids is 1. The molecular formula is C26H22O3. The SMILES string of the molecule is C=C(c1ccccc1)C12CC(c3ccc(C)cc3)OC1c1ccccc1C(=O)O2. The Balaban J connectivity index is 1.64. The van der Waals surface area contributed by atoms with E-state index in [0.717, 1.165) is 22.3 Å². The summed E-state index contributed by atoms with van der Waals surface area (Å²) in [5.41, 5.74) is 4.53. The quantitative estimate of drug-likeness (QED) is 0.536. The third-order valence-corrected chi connectivity index (χ3v) is 6.03. The first-order chi connectivity index (χ1) is 14.1. The highest BCUT2D eigenvalue weighted by molar-refractivity contribution is 5.95. The zero-order chi connectivity index (χ0) is 20.0. The van der Waals surface area contributed by atoms with Gasteiger partial charge in [0.25, 0.3) is 0 Å². The number of aryl methyl sites for hydroxylation is 1. The molecule has 0 radical (unpaired) electrons. The fourth-order valence-electron chi connectivity index (χ4n) is 4.46. The molecule has 3 aromatic rings. The van der Waals surface area contributed by atoms with Crippen molar-refractivity contribution in [3.05, 3.63) is 113 Å². The summed E-state index contributed by atoms with van der Waals surface area (Å²) in [6.07, 6.45) is -0.0374. The zero-order valence-electron chi connectivity index (χ0n) is 16.3. The van der Waals surface area contributed by atoms with Crippen molar-refractivity contribution in [3.63, 3.8) is 0 Å². The summed E-state index contributed by atoms with van der Waals surface area (Å²) in [5.74, 6) is -0.318. The summed E-state index contributed by atoms with van der Waals surface area (Å²) >= 11 is 0. The molecule has 144 valence electrons. The van der Waals surface area contributed by atoms with Crippen LogP contribution < -0.4 is 0 Å². The molecule has 0 aliphatic carbocycles. The van der Waals surface area contributed by atoms with E-state index in [1.807, 2.05) is 48.5 Å². The van der Waals surface area contributed by atoms with Crippen LogP contribution in [-0.2, 0) is 9.47 Å². The molecule has 0 N–H and O–H groups in total. The first-order valence-corrected chi connectivity index (χ1v) is 9.87. The fourth-order valence-corrected chi connectivity index (χ4v) is 4.46. The monoisotopic (exact) mass is 382 g/mol. The second-order valence-corrected chi connectivity index (χ2v) is 7.83. The Morgan fingerprint density at radius 2 is 1.66 bits per heavy atom. The van der Waals surface area contributed by atoms with Crippen LogP contribution in [0.4, 0.5) is 0 Å². The maximum Gasteiger partial charge on any atom is 0.339 e. The Kier molecular flexibility index (Phi) is 4.14. The molecule has 5 rings (SSSR count). The van der Waals surface area contributed by atoms with Crippen LogP contribution in [0.3, 0.4) is 0 Å². The number of carbonyl (C=O) groups is 1. The van der Waals surface area contributed by atoms with Crippen molar-refractivity contribution in [1.82, 2.24) is 0 Å². The summed E-state index contributed by atoms with van der Waals surface area (Å²) in [6, 6.07) is 25.8. The van der Waals surface area contributed by atoms with E-state index in [1.54, 1.807) is 6.07 Å². The van der Waals surface area contributed by atoms with Crippen molar-refractivity contribution < 1.29 is 14.3 Å². The van der Waals surface area contributed by atoms with Crippen molar-refractivity contribution in [2.45, 2.75) is 31.2 Å². The number of hydrogen-bond donors (Lipinski definition) is 0. The Morgan fingerprint density at radius 1 is 0.966 bits per heavy atom. The number of fused-ring (bicyclic) bond motifs is 3. The number of ether oxygens (including phenoxy) is 2. The van der Waals surface area contributed by atoms with Crippen molar-refractivity contribution in [1.29, 1.82) is 0 Å². The maximum atomic E-state index is 12.9. The molecule has 3 atom stereocenters. The second kappa shape index (κ2) is 6.71. The molecule has 0 aromatic heterocycles. The molecule has 0 saturated carbocycles. The van der Waals surface area contributed by atoms with Gasteiger partial charge in [0.2, 0.25) is 0 Å². The van der Waals surface area contributed by atoms with Gasteiger partial charge >= 0.3 is 5.97 Å². The fraction of sp³-hybridized carbons (Fsp3) is 0.192. The molecule has 0 spiro atoms. The smallest absolute Gasteiger partial charge is 0.339 e. The molecule has 2 aliphatic heterocycles. The summed E-state index contributed by atoms with van der Waals surface area (Å²) in [5, 5.41) is 0. The van der Waals surface area contributed by atoms with E-state index in [0.29, 0.717) is 12.0 Å². The first-order valence-electron chi connectivity index (χ1n) is 9.87. The van der Waals surface area contributed by atoms with Crippen LogP contribution in [0.5, 0.6) is 0 Å². The standard InChI is InChI=1S/C26H22O3/c1-17-12-14-20(15-13-17)23-16-26(18(2)19-8-4-3-5-9-19)24(28-23)21-10-6-7-11-22(21)25(27)29-26/h3-15,23-24H,2,16H2,1H3. The molecule has 1 saturated heterocycles. The minimum absolute atomic E-state index is 0.181. The Morgan fingerprint density at radius 3 is 2.41 bits per heavy atom. The van der Waals surface area contributed by atoms with Crippen LogP contribution in [0.1, 0.15) is 51.2 Å². The summed E-state index contributed by atoms with van der Waals surface area (Å²) in [7, 11) is 0. The lowest BCUT2D eigenvalue weighted by atomic mass is 9.77. The molecule has 2 aliphatic rings. The Labute approximate surface area is 170 Å². The van der Waals surface area contributed by atoms with E-state index in [1.165, 1.54) is 5.56 Å². The lowest BCUT2D eigenvalue weighted by Crippen LogP contribution is -2.43. The molecule has 3 nitrogen and oxygen atoms in total. The molecule has 2 heterocycles. The lowest BCUT2D eigenvalue weighted by Gasteiger charge is -2.39. The van der Waals surface area contributed by atoms with Gasteiger partial charge in [-0.3, -0.25) is 0 Å². The topological polar surface area (TPSA) is 35.5 Å². The summed E-state index contributed by atoms with van der Waals surface area (Å²) in [6.45, 7) is 6.44. The van der Waals surface area contributed by atoms with Gasteiger partial charge in [0.15, 0.2) is 5.60 Å². The van der Waals surface area contributed by atoms with Crippen molar-refractivity contribution in [3.8, 4) is 0 Å². The van der Waals surface area contributed by atoms with Crippen molar-refractivity contribution in [2.24, 2.45) is 0 Å². The number of hydrogen-bond acceptors (Lipinski definition) is 3. The molecule has 3 unspecified atom stereocenters. The second-order valence-electron chi connectivity index (χ2n) is 7.83. The normalized spacial score (nSPS) is 25.1. The lowest BCUT2D eigenvalue weighted by molar-refractivity contribution is -0.0492. The average molecular weight is 382 g/mol. The van der Waals surface area contributed by atoms with Gasteiger partial charge in [-0.25, -0.2) is 4.79 Å². The highest BCUT2D eigenvalue weighted by Crippen LogP contribution is 2.57. The van der Waals surface area contributed by atoms with E-state index in [-0.39, 0.29) is 12.1 Å². The van der Waals surface area contributed by atoms with E-state index in [2.05, 4.69) is 37.8 Å². The molecule has 29 heavy (non-hydrogen) atoms. The molecule has 0 amide bonds. The molecule has 0 bridgehead atoms. The van der Waals surface area contributed by atoms with Crippen molar-refractivity contribution in [2.75, 3.05) is 0 Å². The van der Waals surface area contributed by atoms with E-state index in [4.69, 9.17) is 9.47 Å². The van der Waals surface area contributed by atoms with Crippen LogP contribution in [0, 0.1) is 6.92 Å². The van der Waals surface area contributed by atoms with Crippen LogP contribution >= 0.6 is 0 Å². The van der Waals surface area contributed by atoms with Gasteiger partial charge in [-0.05, 0) is 35.3 Å². The van der Waals surface area contributed by atoms with E-state index in [9.17, 15) is 4.79 Å². The predicted octanol–water partition coefficient (Wildman–Crippen LogP) is 5.82. The Hall–Kier alpha value is -3.17. The van der Waals surface area contributed by atoms with Crippen LogP contribution in [0.25, 0.3) is 5.57 Å².